The molecule has 0 radical (unpaired) electrons. The van der Waals surface area contributed by atoms with Gasteiger partial charge >= 0.3 is 0 Å². The highest BCUT2D eigenvalue weighted by atomic mass is 14.5. The van der Waals surface area contributed by atoms with Gasteiger partial charge in [0.1, 0.15) is 0 Å². The molecule has 0 saturated heterocycles. The highest BCUT2D eigenvalue weighted by Gasteiger charge is 2.45. The van der Waals surface area contributed by atoms with Crippen LogP contribution in [0.15, 0.2) is 158 Å². The first-order valence-electron chi connectivity index (χ1n) is 13.6. The maximum absolute atomic E-state index is 2.38. The van der Waals surface area contributed by atoms with Crippen molar-refractivity contribution in [3.63, 3.8) is 0 Å². The SMILES string of the molecule is Cc1ccc(-c2ccc3c(c2)-c2ccccc2C3(c2ccccc2)c2ccccc2)cc1.Cc1ccccc1. The molecule has 0 bridgehead atoms. The molecule has 0 amide bonds. The smallest absolute Gasteiger partial charge is 0.0622 e. The maximum Gasteiger partial charge on any atom is 0.0713 e. The van der Waals surface area contributed by atoms with E-state index in [4.69, 9.17) is 0 Å². The van der Waals surface area contributed by atoms with Gasteiger partial charge in [-0.3, -0.25) is 0 Å². The minimum absolute atomic E-state index is 0.319. The molecule has 188 valence electrons. The van der Waals surface area contributed by atoms with Gasteiger partial charge in [0.15, 0.2) is 0 Å². The van der Waals surface area contributed by atoms with Gasteiger partial charge in [-0.1, -0.05) is 163 Å². The molecule has 0 heterocycles. The normalized spacial score (nSPS) is 12.6. The van der Waals surface area contributed by atoms with Crippen molar-refractivity contribution in [3.05, 3.63) is 191 Å². The number of benzene rings is 6. The third-order valence-electron chi connectivity index (χ3n) is 7.78. The monoisotopic (exact) mass is 500 g/mol. The standard InChI is InChI=1S/C32H24.C7H8/c1-23-16-18-24(19-17-23)25-20-21-31-29(22-25)28-14-8-9-15-30(28)32(31,26-10-4-2-5-11-26)27-12-6-3-7-13-27;1-7-5-3-2-4-6-7/h2-22H,1H3;2-6H,1H3. The molecule has 1 aliphatic carbocycles. The van der Waals surface area contributed by atoms with E-state index in [2.05, 4.69) is 153 Å². The van der Waals surface area contributed by atoms with Gasteiger partial charge in [0.25, 0.3) is 0 Å². The van der Waals surface area contributed by atoms with Gasteiger partial charge in [0.2, 0.25) is 0 Å². The Morgan fingerprint density at radius 2 is 0.821 bits per heavy atom. The summed E-state index contributed by atoms with van der Waals surface area (Å²) < 4.78 is 0. The molecule has 0 fully saturated rings. The molecule has 0 spiro atoms. The van der Waals surface area contributed by atoms with Crippen molar-refractivity contribution in [1.82, 2.24) is 0 Å². The number of fused-ring (bicyclic) bond motifs is 3. The predicted molar refractivity (Wildman–Crippen MR) is 165 cm³/mol. The molecule has 0 aromatic heterocycles. The average molecular weight is 501 g/mol. The van der Waals surface area contributed by atoms with Crippen LogP contribution in [0.5, 0.6) is 0 Å². The molecule has 0 atom stereocenters. The van der Waals surface area contributed by atoms with E-state index in [1.807, 2.05) is 18.2 Å². The Morgan fingerprint density at radius 3 is 1.38 bits per heavy atom. The van der Waals surface area contributed by atoms with Gasteiger partial charge in [-0.15, -0.1) is 0 Å². The molecule has 0 saturated carbocycles. The highest BCUT2D eigenvalue weighted by molar-refractivity contribution is 5.88. The van der Waals surface area contributed by atoms with Crippen molar-refractivity contribution < 1.29 is 0 Å². The first-order chi connectivity index (χ1) is 19.2. The minimum Gasteiger partial charge on any atom is -0.0622 e. The van der Waals surface area contributed by atoms with Gasteiger partial charge in [-0.05, 0) is 64.4 Å². The molecule has 6 aromatic rings. The van der Waals surface area contributed by atoms with E-state index >= 15 is 0 Å². The lowest BCUT2D eigenvalue weighted by atomic mass is 9.67. The van der Waals surface area contributed by atoms with Crippen LogP contribution >= 0.6 is 0 Å². The van der Waals surface area contributed by atoms with Gasteiger partial charge in [-0.2, -0.15) is 0 Å². The molecular weight excluding hydrogens is 468 g/mol. The first-order valence-corrected chi connectivity index (χ1v) is 13.6. The van der Waals surface area contributed by atoms with Crippen molar-refractivity contribution in [2.75, 3.05) is 0 Å². The Hall–Kier alpha value is -4.68. The summed E-state index contributed by atoms with van der Waals surface area (Å²) in [6, 6.07) is 56.9. The lowest BCUT2D eigenvalue weighted by Crippen LogP contribution is -2.28. The van der Waals surface area contributed by atoms with Crippen molar-refractivity contribution in [3.8, 4) is 22.3 Å². The van der Waals surface area contributed by atoms with Crippen molar-refractivity contribution in [2.45, 2.75) is 19.3 Å². The van der Waals surface area contributed by atoms with Crippen LogP contribution in [0, 0.1) is 13.8 Å². The topological polar surface area (TPSA) is 0 Å². The number of hydrogen-bond acceptors (Lipinski definition) is 0. The first kappa shape index (κ1) is 24.6. The summed E-state index contributed by atoms with van der Waals surface area (Å²) >= 11 is 0. The van der Waals surface area contributed by atoms with E-state index in [-0.39, 0.29) is 5.41 Å². The van der Waals surface area contributed by atoms with Crippen LogP contribution in [0.1, 0.15) is 33.4 Å². The Morgan fingerprint density at radius 1 is 0.359 bits per heavy atom. The fourth-order valence-corrected chi connectivity index (χ4v) is 5.91. The predicted octanol–water partition coefficient (Wildman–Crippen LogP) is 10.0. The Balaban J connectivity index is 0.000000346. The summed E-state index contributed by atoms with van der Waals surface area (Å²) in [5, 5.41) is 0. The molecule has 39 heavy (non-hydrogen) atoms. The third kappa shape index (κ3) is 4.49. The van der Waals surface area contributed by atoms with E-state index in [9.17, 15) is 0 Å². The fourth-order valence-electron chi connectivity index (χ4n) is 5.91. The van der Waals surface area contributed by atoms with E-state index in [0.29, 0.717) is 0 Å². The molecular formula is C39H32. The molecule has 0 aliphatic heterocycles. The zero-order chi connectivity index (χ0) is 26.7. The van der Waals surface area contributed by atoms with E-state index in [1.54, 1.807) is 0 Å². The molecule has 0 heteroatoms. The minimum atomic E-state index is -0.319. The largest absolute Gasteiger partial charge is 0.0713 e. The zero-order valence-corrected chi connectivity index (χ0v) is 22.5. The third-order valence-corrected chi connectivity index (χ3v) is 7.78. The second kappa shape index (κ2) is 10.6. The Bertz CT molecular complexity index is 1640. The van der Waals surface area contributed by atoms with Gasteiger partial charge in [0.05, 0.1) is 5.41 Å². The summed E-state index contributed by atoms with van der Waals surface area (Å²) in [6.07, 6.45) is 0. The van der Waals surface area contributed by atoms with Crippen LogP contribution < -0.4 is 0 Å². The Labute approximate surface area is 232 Å². The van der Waals surface area contributed by atoms with Crippen molar-refractivity contribution in [1.29, 1.82) is 0 Å². The van der Waals surface area contributed by atoms with Crippen LogP contribution in [0.2, 0.25) is 0 Å². The highest BCUT2D eigenvalue weighted by Crippen LogP contribution is 2.56. The number of rotatable bonds is 3. The van der Waals surface area contributed by atoms with Gasteiger partial charge < -0.3 is 0 Å². The molecule has 7 rings (SSSR count). The Kier molecular flexibility index (Phi) is 6.69. The van der Waals surface area contributed by atoms with E-state index in [0.717, 1.165) is 0 Å². The average Bonchev–Trinajstić information content (AvgIpc) is 3.30. The second-order valence-corrected chi connectivity index (χ2v) is 10.3. The van der Waals surface area contributed by atoms with E-state index < -0.39 is 0 Å². The van der Waals surface area contributed by atoms with Crippen LogP contribution in [0.25, 0.3) is 22.3 Å². The van der Waals surface area contributed by atoms with Crippen LogP contribution in [-0.2, 0) is 5.41 Å². The number of aryl methyl sites for hydroxylation is 2. The quantitative estimate of drug-likeness (QED) is 0.226. The van der Waals surface area contributed by atoms with Crippen LogP contribution in [-0.4, -0.2) is 0 Å². The second-order valence-electron chi connectivity index (χ2n) is 10.3. The summed E-state index contributed by atoms with van der Waals surface area (Å²) in [5.74, 6) is 0. The molecule has 0 unspecified atom stereocenters. The maximum atomic E-state index is 2.38. The van der Waals surface area contributed by atoms with Gasteiger partial charge in [0, 0.05) is 0 Å². The van der Waals surface area contributed by atoms with Crippen LogP contribution in [0.4, 0.5) is 0 Å². The molecule has 0 nitrogen and oxygen atoms in total. The van der Waals surface area contributed by atoms with E-state index in [1.165, 1.54) is 55.6 Å². The lowest BCUT2D eigenvalue weighted by molar-refractivity contribution is 0.768. The summed E-state index contributed by atoms with van der Waals surface area (Å²) in [7, 11) is 0. The number of hydrogen-bond donors (Lipinski definition) is 0. The fraction of sp³-hybridized carbons (Fsp3) is 0.0769. The van der Waals surface area contributed by atoms with Crippen molar-refractivity contribution in [2.24, 2.45) is 0 Å². The van der Waals surface area contributed by atoms with Crippen molar-refractivity contribution >= 4 is 0 Å². The zero-order valence-electron chi connectivity index (χ0n) is 22.5. The summed E-state index contributed by atoms with van der Waals surface area (Å²) in [4.78, 5) is 0. The summed E-state index contributed by atoms with van der Waals surface area (Å²) in [6.45, 7) is 4.22. The lowest BCUT2D eigenvalue weighted by Gasteiger charge is -2.33. The molecule has 6 aromatic carbocycles. The van der Waals surface area contributed by atoms with Crippen LogP contribution in [0.3, 0.4) is 0 Å². The molecule has 0 N–H and O–H groups in total. The van der Waals surface area contributed by atoms with Gasteiger partial charge in [-0.25, -0.2) is 0 Å². The molecule has 1 aliphatic rings. The summed E-state index contributed by atoms with van der Waals surface area (Å²) in [5.41, 5.74) is 12.8.